The molecule has 0 aromatic heterocycles. The Hall–Kier alpha value is -0.820. The summed E-state index contributed by atoms with van der Waals surface area (Å²) in [5.74, 6) is 1.66. The third-order valence-electron chi connectivity index (χ3n) is 3.52. The molecule has 0 saturated heterocycles. The number of rotatable bonds is 9. The number of guanidine groups is 1. The number of nitrogens with zero attached hydrogens (tertiary/aromatic N) is 1. The zero-order valence-electron chi connectivity index (χ0n) is 14.9. The largest absolute Gasteiger partial charge is 0.380 e. The maximum absolute atomic E-state index is 5.12. The van der Waals surface area contributed by atoms with Crippen molar-refractivity contribution in [2.24, 2.45) is 10.9 Å². The van der Waals surface area contributed by atoms with Gasteiger partial charge >= 0.3 is 0 Å². The van der Waals surface area contributed by atoms with E-state index in [2.05, 4.69) is 53.7 Å². The number of hydrogen-bond donors (Lipinski definition) is 2. The van der Waals surface area contributed by atoms with Crippen molar-refractivity contribution >= 4 is 29.9 Å². The Kier molecular flexibility index (Phi) is 13.1. The van der Waals surface area contributed by atoms with Gasteiger partial charge in [0.25, 0.3) is 0 Å². The van der Waals surface area contributed by atoms with E-state index in [9.17, 15) is 0 Å². The molecular weight excluding hydrogens is 401 g/mol. The molecule has 23 heavy (non-hydrogen) atoms. The minimum atomic E-state index is 0. The van der Waals surface area contributed by atoms with Gasteiger partial charge in [-0.15, -0.1) is 24.0 Å². The van der Waals surface area contributed by atoms with E-state index in [1.807, 2.05) is 7.05 Å². The molecule has 0 radical (unpaired) electrons. The van der Waals surface area contributed by atoms with Crippen LogP contribution in [0.15, 0.2) is 29.3 Å². The predicted molar refractivity (Wildman–Crippen MR) is 109 cm³/mol. The molecule has 0 spiro atoms. The molecule has 0 aliphatic heterocycles. The van der Waals surface area contributed by atoms with E-state index >= 15 is 0 Å². The molecule has 1 aromatic rings. The Labute approximate surface area is 158 Å². The van der Waals surface area contributed by atoms with E-state index in [1.165, 1.54) is 30.4 Å². The van der Waals surface area contributed by atoms with Gasteiger partial charge in [-0.05, 0) is 23.5 Å². The first-order chi connectivity index (χ1) is 10.7. The highest BCUT2D eigenvalue weighted by molar-refractivity contribution is 14.0. The highest BCUT2D eigenvalue weighted by Crippen LogP contribution is 2.06. The molecule has 4 nitrogen and oxygen atoms in total. The Morgan fingerprint density at radius 1 is 1.09 bits per heavy atom. The first kappa shape index (κ1) is 22.2. The first-order valence-electron chi connectivity index (χ1n) is 8.17. The fourth-order valence-electron chi connectivity index (χ4n) is 2.21. The molecule has 0 fully saturated rings. The van der Waals surface area contributed by atoms with Crippen molar-refractivity contribution in [1.82, 2.24) is 10.6 Å². The average molecular weight is 433 g/mol. The van der Waals surface area contributed by atoms with Crippen LogP contribution in [-0.4, -0.2) is 26.7 Å². The van der Waals surface area contributed by atoms with Crippen LogP contribution in [0.4, 0.5) is 0 Å². The Balaban J connectivity index is 0.00000484. The summed E-state index contributed by atoms with van der Waals surface area (Å²) in [6, 6.07) is 8.44. The molecule has 0 amide bonds. The van der Waals surface area contributed by atoms with Gasteiger partial charge in [0.2, 0.25) is 0 Å². The SMILES string of the molecule is CN=C(NCCCCC(C)C)NCc1ccc(COC)cc1.I. The second kappa shape index (κ2) is 13.6. The van der Waals surface area contributed by atoms with E-state index in [0.717, 1.165) is 25.0 Å². The summed E-state index contributed by atoms with van der Waals surface area (Å²) in [5.41, 5.74) is 2.43. The van der Waals surface area contributed by atoms with E-state index < -0.39 is 0 Å². The monoisotopic (exact) mass is 433 g/mol. The highest BCUT2D eigenvalue weighted by Gasteiger charge is 1.99. The lowest BCUT2D eigenvalue weighted by atomic mass is 10.1. The highest BCUT2D eigenvalue weighted by atomic mass is 127. The van der Waals surface area contributed by atoms with Gasteiger partial charge in [0.15, 0.2) is 5.96 Å². The summed E-state index contributed by atoms with van der Waals surface area (Å²) >= 11 is 0. The van der Waals surface area contributed by atoms with Crippen LogP contribution in [0.3, 0.4) is 0 Å². The van der Waals surface area contributed by atoms with Crippen LogP contribution in [0.25, 0.3) is 0 Å². The number of ether oxygens (including phenoxy) is 1. The summed E-state index contributed by atoms with van der Waals surface area (Å²) < 4.78 is 5.12. The van der Waals surface area contributed by atoms with Crippen molar-refractivity contribution < 1.29 is 4.74 Å². The molecule has 0 atom stereocenters. The van der Waals surface area contributed by atoms with Gasteiger partial charge in [-0.1, -0.05) is 51.0 Å². The normalized spacial score (nSPS) is 11.3. The lowest BCUT2D eigenvalue weighted by molar-refractivity contribution is 0.185. The zero-order chi connectivity index (χ0) is 16.2. The third-order valence-corrected chi connectivity index (χ3v) is 3.52. The fourth-order valence-corrected chi connectivity index (χ4v) is 2.21. The number of nitrogens with one attached hydrogen (secondary N) is 2. The number of benzene rings is 1. The van der Waals surface area contributed by atoms with E-state index in [1.54, 1.807) is 7.11 Å². The van der Waals surface area contributed by atoms with Crippen LogP contribution in [0.5, 0.6) is 0 Å². The van der Waals surface area contributed by atoms with Crippen molar-refractivity contribution in [3.05, 3.63) is 35.4 Å². The summed E-state index contributed by atoms with van der Waals surface area (Å²) in [6.07, 6.45) is 3.74. The molecule has 0 aliphatic rings. The fraction of sp³-hybridized carbons (Fsp3) is 0.611. The van der Waals surface area contributed by atoms with Gasteiger partial charge in [0.1, 0.15) is 0 Å². The second-order valence-corrected chi connectivity index (χ2v) is 5.99. The number of methoxy groups -OCH3 is 1. The van der Waals surface area contributed by atoms with Crippen LogP contribution in [0.2, 0.25) is 0 Å². The summed E-state index contributed by atoms with van der Waals surface area (Å²) in [4.78, 5) is 4.26. The molecule has 0 saturated carbocycles. The van der Waals surface area contributed by atoms with E-state index in [0.29, 0.717) is 6.61 Å². The maximum Gasteiger partial charge on any atom is 0.191 e. The molecule has 132 valence electrons. The second-order valence-electron chi connectivity index (χ2n) is 5.99. The number of halogens is 1. The van der Waals surface area contributed by atoms with Gasteiger partial charge < -0.3 is 15.4 Å². The van der Waals surface area contributed by atoms with E-state index in [4.69, 9.17) is 4.74 Å². The minimum absolute atomic E-state index is 0. The molecule has 1 rings (SSSR count). The van der Waals surface area contributed by atoms with Crippen LogP contribution in [0.1, 0.15) is 44.2 Å². The number of aliphatic imine (C=N–C) groups is 1. The van der Waals surface area contributed by atoms with Crippen LogP contribution in [0, 0.1) is 5.92 Å². The molecule has 2 N–H and O–H groups in total. The standard InChI is InChI=1S/C18H31N3O.HI/c1-15(2)7-5-6-12-20-18(19-3)21-13-16-8-10-17(11-9-16)14-22-4;/h8-11,15H,5-7,12-14H2,1-4H3,(H2,19,20,21);1H. The molecule has 0 unspecified atom stereocenters. The van der Waals surface area contributed by atoms with Gasteiger partial charge in [-0.3, -0.25) is 4.99 Å². The Morgan fingerprint density at radius 3 is 2.30 bits per heavy atom. The predicted octanol–water partition coefficient (Wildman–Crippen LogP) is 3.94. The van der Waals surface area contributed by atoms with Gasteiger partial charge in [-0.2, -0.15) is 0 Å². The van der Waals surface area contributed by atoms with E-state index in [-0.39, 0.29) is 24.0 Å². The van der Waals surface area contributed by atoms with Crippen LogP contribution < -0.4 is 10.6 Å². The van der Waals surface area contributed by atoms with Crippen molar-refractivity contribution in [1.29, 1.82) is 0 Å². The summed E-state index contributed by atoms with van der Waals surface area (Å²) in [5, 5.41) is 6.71. The van der Waals surface area contributed by atoms with Crippen LogP contribution >= 0.6 is 24.0 Å². The third kappa shape index (κ3) is 10.5. The maximum atomic E-state index is 5.12. The minimum Gasteiger partial charge on any atom is -0.380 e. The first-order valence-corrected chi connectivity index (χ1v) is 8.17. The number of unbranched alkanes of at least 4 members (excludes halogenated alkanes) is 1. The van der Waals surface area contributed by atoms with Gasteiger partial charge in [0, 0.05) is 27.2 Å². The lowest BCUT2D eigenvalue weighted by Crippen LogP contribution is -2.37. The van der Waals surface area contributed by atoms with Gasteiger partial charge in [0.05, 0.1) is 6.61 Å². The molecule has 0 heterocycles. The summed E-state index contributed by atoms with van der Waals surface area (Å²) in [7, 11) is 3.53. The topological polar surface area (TPSA) is 45.7 Å². The average Bonchev–Trinajstić information content (AvgIpc) is 2.51. The molecule has 0 bridgehead atoms. The molecule has 0 aliphatic carbocycles. The zero-order valence-corrected chi connectivity index (χ0v) is 17.2. The molecule has 5 heteroatoms. The molecular formula is C18H32IN3O. The quantitative estimate of drug-likeness (QED) is 0.268. The van der Waals surface area contributed by atoms with Crippen molar-refractivity contribution in [2.45, 2.75) is 46.3 Å². The van der Waals surface area contributed by atoms with Crippen molar-refractivity contribution in [2.75, 3.05) is 20.7 Å². The number of hydrogen-bond acceptors (Lipinski definition) is 2. The molecule has 1 aromatic carbocycles. The van der Waals surface area contributed by atoms with Crippen molar-refractivity contribution in [3.63, 3.8) is 0 Å². The smallest absolute Gasteiger partial charge is 0.191 e. The van der Waals surface area contributed by atoms with Gasteiger partial charge in [-0.25, -0.2) is 0 Å². The Morgan fingerprint density at radius 2 is 1.74 bits per heavy atom. The van der Waals surface area contributed by atoms with Crippen LogP contribution in [-0.2, 0) is 17.9 Å². The Bertz CT molecular complexity index is 432. The summed E-state index contributed by atoms with van der Waals surface area (Å²) in [6.45, 7) is 6.95. The lowest BCUT2D eigenvalue weighted by Gasteiger charge is -2.12. The van der Waals surface area contributed by atoms with Crippen molar-refractivity contribution in [3.8, 4) is 0 Å².